The van der Waals surface area contributed by atoms with Gasteiger partial charge in [-0.3, -0.25) is 4.79 Å². The van der Waals surface area contributed by atoms with E-state index in [0.29, 0.717) is 0 Å². The molecule has 0 unspecified atom stereocenters. The van der Waals surface area contributed by atoms with Crippen molar-refractivity contribution in [1.29, 1.82) is 0 Å². The second kappa shape index (κ2) is 7.90. The number of rotatable bonds is 5. The van der Waals surface area contributed by atoms with Crippen LogP contribution in [0.4, 0.5) is 0 Å². The van der Waals surface area contributed by atoms with Gasteiger partial charge in [-0.2, -0.15) is 5.10 Å². The van der Waals surface area contributed by atoms with E-state index in [1.165, 1.54) is 17.7 Å². The van der Waals surface area contributed by atoms with Crippen molar-refractivity contribution in [2.45, 2.75) is 6.54 Å². The molecule has 0 fully saturated rings. The van der Waals surface area contributed by atoms with E-state index < -0.39 is 5.91 Å². The lowest BCUT2D eigenvalue weighted by Gasteiger charge is -2.05. The molecule has 0 aliphatic heterocycles. The third-order valence-corrected chi connectivity index (χ3v) is 4.61. The van der Waals surface area contributed by atoms with E-state index in [4.69, 9.17) is 0 Å². The predicted octanol–water partition coefficient (Wildman–Crippen LogP) is 3.86. The Morgan fingerprint density at radius 1 is 1.00 bits per heavy atom. The van der Waals surface area contributed by atoms with Crippen LogP contribution in [0.5, 0.6) is 11.5 Å². The molecule has 0 saturated carbocycles. The first-order valence-corrected chi connectivity index (χ1v) is 9.09. The zero-order valence-corrected chi connectivity index (χ0v) is 15.5. The molecule has 4 aromatic rings. The van der Waals surface area contributed by atoms with Gasteiger partial charge in [0, 0.05) is 35.3 Å². The summed E-state index contributed by atoms with van der Waals surface area (Å²) in [6.45, 7) is 0.725. The van der Waals surface area contributed by atoms with Crippen LogP contribution in [0, 0.1) is 0 Å². The average molecular weight is 385 g/mol. The van der Waals surface area contributed by atoms with Gasteiger partial charge in [0.15, 0.2) is 0 Å². The van der Waals surface area contributed by atoms with Gasteiger partial charge in [0.05, 0.1) is 11.8 Å². The number of carbonyl (C=O) groups excluding carboxylic acids is 1. The summed E-state index contributed by atoms with van der Waals surface area (Å²) in [6, 6.07) is 21.9. The minimum atomic E-state index is -0.563. The van der Waals surface area contributed by atoms with Crippen molar-refractivity contribution in [1.82, 2.24) is 9.99 Å². The third kappa shape index (κ3) is 3.96. The number of amides is 1. The second-order valence-electron chi connectivity index (χ2n) is 6.62. The van der Waals surface area contributed by atoms with Crippen molar-refractivity contribution in [3.63, 3.8) is 0 Å². The first kappa shape index (κ1) is 18.3. The summed E-state index contributed by atoms with van der Waals surface area (Å²) in [6.07, 6.45) is 3.57. The number of aromatic hydroxyl groups is 2. The quantitative estimate of drug-likeness (QED) is 0.360. The van der Waals surface area contributed by atoms with Crippen LogP contribution in [-0.2, 0) is 6.54 Å². The van der Waals surface area contributed by atoms with E-state index in [-0.39, 0.29) is 17.1 Å². The number of hydrazone groups is 1. The minimum absolute atomic E-state index is 0.0338. The standard InChI is InChI=1S/C23H19N3O3/c27-18-10-11-20(22(28)12-18)23(29)25-24-13-17-15-26(14-16-6-2-1-3-7-16)21-9-5-4-8-19(17)21/h1-13,15,27-28H,14H2,(H,25,29). The van der Waals surface area contributed by atoms with E-state index >= 15 is 0 Å². The number of nitrogens with one attached hydrogen (secondary N) is 1. The number of para-hydroxylation sites is 1. The topological polar surface area (TPSA) is 86.9 Å². The molecule has 4 rings (SSSR count). The summed E-state index contributed by atoms with van der Waals surface area (Å²) < 4.78 is 2.14. The molecule has 0 radical (unpaired) electrons. The van der Waals surface area contributed by atoms with Crippen molar-refractivity contribution < 1.29 is 15.0 Å². The molecule has 0 bridgehead atoms. The summed E-state index contributed by atoms with van der Waals surface area (Å²) in [4.78, 5) is 12.2. The molecular formula is C23H19N3O3. The molecular weight excluding hydrogens is 366 g/mol. The Kier molecular flexibility index (Phi) is 4.99. The Labute approximate surface area is 167 Å². The fraction of sp³-hybridized carbons (Fsp3) is 0.0435. The molecule has 1 amide bonds. The van der Waals surface area contributed by atoms with Crippen LogP contribution < -0.4 is 5.43 Å². The SMILES string of the molecule is O=C(NN=Cc1cn(Cc2ccccc2)c2ccccc12)c1ccc(O)cc1O. The molecule has 144 valence electrons. The fourth-order valence-corrected chi connectivity index (χ4v) is 3.22. The Hall–Kier alpha value is -4.06. The molecule has 0 atom stereocenters. The van der Waals surface area contributed by atoms with Gasteiger partial charge in [0.2, 0.25) is 0 Å². The van der Waals surface area contributed by atoms with Crippen molar-refractivity contribution in [2.75, 3.05) is 0 Å². The number of phenolic OH excluding ortho intramolecular Hbond substituents is 2. The number of phenols is 2. The Balaban J connectivity index is 1.57. The Morgan fingerprint density at radius 3 is 2.55 bits per heavy atom. The second-order valence-corrected chi connectivity index (χ2v) is 6.62. The lowest BCUT2D eigenvalue weighted by Crippen LogP contribution is -2.17. The largest absolute Gasteiger partial charge is 0.508 e. The summed E-state index contributed by atoms with van der Waals surface area (Å²) >= 11 is 0. The molecule has 0 saturated heterocycles. The van der Waals surface area contributed by atoms with E-state index in [0.717, 1.165) is 29.1 Å². The maximum Gasteiger partial charge on any atom is 0.275 e. The average Bonchev–Trinajstić information content (AvgIpc) is 3.06. The molecule has 3 N–H and O–H groups in total. The molecule has 0 aliphatic carbocycles. The number of carbonyl (C=O) groups is 1. The van der Waals surface area contributed by atoms with Crippen LogP contribution in [0.25, 0.3) is 10.9 Å². The smallest absolute Gasteiger partial charge is 0.275 e. The highest BCUT2D eigenvalue weighted by Crippen LogP contribution is 2.23. The number of nitrogens with zero attached hydrogens (tertiary/aromatic N) is 2. The highest BCUT2D eigenvalue weighted by atomic mass is 16.3. The highest BCUT2D eigenvalue weighted by molar-refractivity contribution is 6.01. The number of aromatic nitrogens is 1. The van der Waals surface area contributed by atoms with Gasteiger partial charge in [-0.05, 0) is 23.8 Å². The van der Waals surface area contributed by atoms with Crippen LogP contribution >= 0.6 is 0 Å². The molecule has 29 heavy (non-hydrogen) atoms. The molecule has 1 aromatic heterocycles. The zero-order valence-electron chi connectivity index (χ0n) is 15.5. The van der Waals surface area contributed by atoms with E-state index in [1.54, 1.807) is 6.21 Å². The van der Waals surface area contributed by atoms with Gasteiger partial charge in [-0.1, -0.05) is 48.5 Å². The number of fused-ring (bicyclic) bond motifs is 1. The molecule has 1 heterocycles. The first-order chi connectivity index (χ1) is 14.1. The summed E-state index contributed by atoms with van der Waals surface area (Å²) in [5.41, 5.74) is 5.57. The van der Waals surface area contributed by atoms with Crippen LogP contribution in [-0.4, -0.2) is 26.9 Å². The van der Waals surface area contributed by atoms with Gasteiger partial charge in [-0.25, -0.2) is 5.43 Å². The Morgan fingerprint density at radius 2 is 1.76 bits per heavy atom. The van der Waals surface area contributed by atoms with Gasteiger partial charge in [-0.15, -0.1) is 0 Å². The van der Waals surface area contributed by atoms with Gasteiger partial charge in [0.1, 0.15) is 11.5 Å². The van der Waals surface area contributed by atoms with E-state index in [9.17, 15) is 15.0 Å². The lowest BCUT2D eigenvalue weighted by molar-refractivity contribution is 0.0952. The molecule has 0 spiro atoms. The summed E-state index contributed by atoms with van der Waals surface area (Å²) in [7, 11) is 0. The van der Waals surface area contributed by atoms with Crippen molar-refractivity contribution in [3.8, 4) is 11.5 Å². The fourth-order valence-electron chi connectivity index (χ4n) is 3.22. The van der Waals surface area contributed by atoms with Crippen molar-refractivity contribution in [3.05, 3.63) is 95.7 Å². The van der Waals surface area contributed by atoms with Gasteiger partial charge < -0.3 is 14.8 Å². The van der Waals surface area contributed by atoms with E-state index in [2.05, 4.69) is 27.2 Å². The number of hydrogen-bond acceptors (Lipinski definition) is 4. The lowest BCUT2D eigenvalue weighted by atomic mass is 10.2. The highest BCUT2D eigenvalue weighted by Gasteiger charge is 2.11. The minimum Gasteiger partial charge on any atom is -0.508 e. The van der Waals surface area contributed by atoms with Gasteiger partial charge in [0.25, 0.3) is 5.91 Å². The van der Waals surface area contributed by atoms with Gasteiger partial charge >= 0.3 is 0 Å². The molecule has 0 aliphatic rings. The van der Waals surface area contributed by atoms with Crippen LogP contribution in [0.3, 0.4) is 0 Å². The predicted molar refractivity (Wildman–Crippen MR) is 112 cm³/mol. The van der Waals surface area contributed by atoms with Crippen molar-refractivity contribution in [2.24, 2.45) is 5.10 Å². The van der Waals surface area contributed by atoms with Crippen LogP contribution in [0.2, 0.25) is 0 Å². The normalized spacial score (nSPS) is 11.2. The Bertz CT molecular complexity index is 1200. The summed E-state index contributed by atoms with van der Waals surface area (Å²) in [5.74, 6) is -0.988. The summed E-state index contributed by atoms with van der Waals surface area (Å²) in [5, 5.41) is 24.2. The maximum absolute atomic E-state index is 12.2. The van der Waals surface area contributed by atoms with Crippen molar-refractivity contribution >= 4 is 23.0 Å². The molecule has 6 nitrogen and oxygen atoms in total. The van der Waals surface area contributed by atoms with Crippen LogP contribution in [0.15, 0.2) is 84.1 Å². The zero-order chi connectivity index (χ0) is 20.2. The monoisotopic (exact) mass is 385 g/mol. The van der Waals surface area contributed by atoms with Crippen LogP contribution in [0.1, 0.15) is 21.5 Å². The molecule has 6 heteroatoms. The third-order valence-electron chi connectivity index (χ3n) is 4.61. The maximum atomic E-state index is 12.2. The number of hydrogen-bond donors (Lipinski definition) is 3. The molecule has 3 aromatic carbocycles. The number of benzene rings is 3. The first-order valence-electron chi connectivity index (χ1n) is 9.09. The van der Waals surface area contributed by atoms with E-state index in [1.807, 2.05) is 48.7 Å².